The lowest BCUT2D eigenvalue weighted by molar-refractivity contribution is -0.117. The summed E-state index contributed by atoms with van der Waals surface area (Å²) < 4.78 is 1.98. The number of fused-ring (bicyclic) bond motifs is 1. The molecule has 0 aliphatic heterocycles. The molecule has 0 aromatic carbocycles. The van der Waals surface area contributed by atoms with E-state index in [1.165, 1.54) is 35.7 Å². The van der Waals surface area contributed by atoms with Gasteiger partial charge in [-0.15, -0.1) is 28.1 Å². The molecule has 1 aliphatic carbocycles. The number of aryl methyl sites for hydroxylation is 1. The Bertz CT molecular complexity index is 942. The Labute approximate surface area is 185 Å². The molecular formula is C21H29N5O2S2. The quantitative estimate of drug-likeness (QED) is 0.518. The highest BCUT2D eigenvalue weighted by Gasteiger charge is 2.30. The summed E-state index contributed by atoms with van der Waals surface area (Å²) in [6.45, 7) is 11.4. The molecule has 2 N–H and O–H groups in total. The van der Waals surface area contributed by atoms with Gasteiger partial charge in [-0.1, -0.05) is 38.6 Å². The minimum atomic E-state index is -0.522. The van der Waals surface area contributed by atoms with E-state index in [1.807, 2.05) is 4.57 Å². The van der Waals surface area contributed by atoms with Crippen molar-refractivity contribution >= 4 is 35.0 Å². The molecule has 0 saturated carbocycles. The van der Waals surface area contributed by atoms with Crippen molar-refractivity contribution in [3.8, 4) is 10.7 Å². The van der Waals surface area contributed by atoms with Crippen LogP contribution < -0.4 is 10.6 Å². The average Bonchev–Trinajstić information content (AvgIpc) is 3.28. The maximum Gasteiger partial charge on any atom is 0.321 e. The van der Waals surface area contributed by atoms with Gasteiger partial charge >= 0.3 is 6.03 Å². The normalized spacial score (nSPS) is 16.1. The topological polar surface area (TPSA) is 88.9 Å². The highest BCUT2D eigenvalue weighted by atomic mass is 32.2. The maximum atomic E-state index is 11.9. The minimum Gasteiger partial charge on any atom is -0.341 e. The van der Waals surface area contributed by atoms with Crippen molar-refractivity contribution in [2.75, 3.05) is 12.8 Å². The van der Waals surface area contributed by atoms with Crippen molar-refractivity contribution in [3.63, 3.8) is 0 Å². The van der Waals surface area contributed by atoms with Crippen LogP contribution in [0.2, 0.25) is 0 Å². The zero-order valence-electron chi connectivity index (χ0n) is 17.9. The molecule has 1 atom stereocenters. The van der Waals surface area contributed by atoms with Gasteiger partial charge in [-0.25, -0.2) is 4.79 Å². The van der Waals surface area contributed by atoms with Crippen LogP contribution in [0.25, 0.3) is 10.7 Å². The Balaban J connectivity index is 1.79. The van der Waals surface area contributed by atoms with Crippen molar-refractivity contribution < 1.29 is 9.59 Å². The third-order valence-electron chi connectivity index (χ3n) is 5.37. The second kappa shape index (κ2) is 9.34. The number of allylic oxidation sites excluding steroid dienone is 1. The molecule has 162 valence electrons. The summed E-state index contributed by atoms with van der Waals surface area (Å²) in [4.78, 5) is 25.7. The average molecular weight is 448 g/mol. The highest BCUT2D eigenvalue weighted by Crippen LogP contribution is 2.42. The van der Waals surface area contributed by atoms with E-state index in [2.05, 4.69) is 54.2 Å². The molecule has 0 spiro atoms. The Morgan fingerprint density at radius 3 is 2.83 bits per heavy atom. The molecule has 2 aromatic rings. The van der Waals surface area contributed by atoms with E-state index >= 15 is 0 Å². The van der Waals surface area contributed by atoms with Crippen molar-refractivity contribution in [2.45, 2.75) is 51.7 Å². The van der Waals surface area contributed by atoms with E-state index in [9.17, 15) is 9.59 Å². The molecule has 2 aromatic heterocycles. The summed E-state index contributed by atoms with van der Waals surface area (Å²) in [5.41, 5.74) is 1.73. The molecule has 0 radical (unpaired) electrons. The van der Waals surface area contributed by atoms with Crippen LogP contribution in [0.3, 0.4) is 0 Å². The molecule has 30 heavy (non-hydrogen) atoms. The summed E-state index contributed by atoms with van der Waals surface area (Å²) in [7, 11) is 1.47. The first kappa shape index (κ1) is 22.6. The first-order valence-corrected chi connectivity index (χ1v) is 11.8. The lowest BCUT2D eigenvalue weighted by Crippen LogP contribution is -2.38. The predicted octanol–water partition coefficient (Wildman–Crippen LogP) is 3.89. The second-order valence-corrected chi connectivity index (χ2v) is 10.6. The maximum absolute atomic E-state index is 11.9. The van der Waals surface area contributed by atoms with Crippen molar-refractivity contribution in [2.24, 2.45) is 11.3 Å². The van der Waals surface area contributed by atoms with E-state index in [0.29, 0.717) is 23.0 Å². The number of thioether (sulfide) groups is 1. The number of nitrogens with zero attached hydrogens (tertiary/aromatic N) is 3. The molecule has 3 amide bonds. The monoisotopic (exact) mass is 447 g/mol. The van der Waals surface area contributed by atoms with E-state index in [-0.39, 0.29) is 11.7 Å². The number of urea groups is 1. The Morgan fingerprint density at radius 1 is 1.40 bits per heavy atom. The molecule has 7 nitrogen and oxygen atoms in total. The summed E-state index contributed by atoms with van der Waals surface area (Å²) in [6.07, 6.45) is 5.23. The molecule has 3 rings (SSSR count). The molecular weight excluding hydrogens is 418 g/mol. The number of thiophene rings is 1. The summed E-state index contributed by atoms with van der Waals surface area (Å²) in [5, 5.41) is 14.0. The zero-order valence-corrected chi connectivity index (χ0v) is 19.6. The zero-order chi connectivity index (χ0) is 21.9. The van der Waals surface area contributed by atoms with Gasteiger partial charge < -0.3 is 5.32 Å². The van der Waals surface area contributed by atoms with Crippen LogP contribution in [0, 0.1) is 11.3 Å². The van der Waals surface area contributed by atoms with E-state index in [4.69, 9.17) is 0 Å². The van der Waals surface area contributed by atoms with Gasteiger partial charge in [0.2, 0.25) is 5.91 Å². The number of carbonyl (C=O) groups is 2. The van der Waals surface area contributed by atoms with E-state index in [1.54, 1.807) is 17.4 Å². The number of carbonyl (C=O) groups excluding carboxylic acids is 2. The largest absolute Gasteiger partial charge is 0.341 e. The van der Waals surface area contributed by atoms with Crippen LogP contribution in [0.5, 0.6) is 0 Å². The van der Waals surface area contributed by atoms with E-state index < -0.39 is 6.03 Å². The lowest BCUT2D eigenvalue weighted by Gasteiger charge is -2.33. The predicted molar refractivity (Wildman–Crippen MR) is 122 cm³/mol. The molecule has 1 unspecified atom stereocenters. The first-order valence-electron chi connectivity index (χ1n) is 10.0. The van der Waals surface area contributed by atoms with Gasteiger partial charge in [-0.3, -0.25) is 14.7 Å². The molecule has 0 bridgehead atoms. The summed E-state index contributed by atoms with van der Waals surface area (Å²) in [6, 6.07) is 1.74. The number of imide groups is 1. The first-order chi connectivity index (χ1) is 14.2. The molecule has 0 saturated heterocycles. The van der Waals surface area contributed by atoms with Gasteiger partial charge in [0.1, 0.15) is 0 Å². The van der Waals surface area contributed by atoms with Gasteiger partial charge in [0, 0.05) is 18.5 Å². The minimum absolute atomic E-state index is 0.0803. The Kier molecular flexibility index (Phi) is 7.02. The number of nitrogens with one attached hydrogen (secondary N) is 2. The van der Waals surface area contributed by atoms with Crippen molar-refractivity contribution in [1.29, 1.82) is 0 Å². The number of hydrogen-bond acceptors (Lipinski definition) is 6. The van der Waals surface area contributed by atoms with Gasteiger partial charge in [0.25, 0.3) is 0 Å². The van der Waals surface area contributed by atoms with Gasteiger partial charge in [0.05, 0.1) is 10.6 Å². The van der Waals surface area contributed by atoms with Crippen molar-refractivity contribution in [3.05, 3.63) is 29.2 Å². The highest BCUT2D eigenvalue weighted by molar-refractivity contribution is 7.99. The fourth-order valence-electron chi connectivity index (χ4n) is 3.60. The number of rotatable bonds is 6. The molecule has 0 fully saturated rings. The van der Waals surface area contributed by atoms with Gasteiger partial charge in [0.15, 0.2) is 11.0 Å². The lowest BCUT2D eigenvalue weighted by atomic mass is 9.72. The number of hydrogen-bond donors (Lipinski definition) is 2. The summed E-state index contributed by atoms with van der Waals surface area (Å²) >= 11 is 3.05. The van der Waals surface area contributed by atoms with Crippen LogP contribution in [0.1, 0.15) is 37.6 Å². The second-order valence-electron chi connectivity index (χ2n) is 8.49. The van der Waals surface area contributed by atoms with Crippen LogP contribution in [-0.2, 0) is 24.2 Å². The smallest absolute Gasteiger partial charge is 0.321 e. The summed E-state index contributed by atoms with van der Waals surface area (Å²) in [5.74, 6) is 1.19. The van der Waals surface area contributed by atoms with Crippen LogP contribution in [0.4, 0.5) is 4.79 Å². The number of aromatic nitrogens is 3. The van der Waals surface area contributed by atoms with Gasteiger partial charge in [-0.05, 0) is 42.2 Å². The Hall–Kier alpha value is -2.13. The standard InChI is InChI=1S/C21H29N5O2S2/c1-6-9-26-18(24-25-20(26)29-12-17(27)23-19(28)22-5)16-11-13-10-14(21(2,3)4)7-8-15(13)30-16/h6,11,14H,1,7-10,12H2,2-5H3,(H2,22,23,27,28). The van der Waals surface area contributed by atoms with Crippen LogP contribution in [-0.4, -0.2) is 39.5 Å². The molecule has 2 heterocycles. The fourth-order valence-corrected chi connectivity index (χ4v) is 5.55. The molecule has 1 aliphatic rings. The van der Waals surface area contributed by atoms with E-state index in [0.717, 1.165) is 23.5 Å². The Morgan fingerprint density at radius 2 is 2.17 bits per heavy atom. The number of amides is 3. The molecule has 9 heteroatoms. The third-order valence-corrected chi connectivity index (χ3v) is 7.57. The van der Waals surface area contributed by atoms with Crippen LogP contribution in [0.15, 0.2) is 23.9 Å². The van der Waals surface area contributed by atoms with Crippen LogP contribution >= 0.6 is 23.1 Å². The van der Waals surface area contributed by atoms with Crippen molar-refractivity contribution in [1.82, 2.24) is 25.4 Å². The van der Waals surface area contributed by atoms with Gasteiger partial charge in [-0.2, -0.15) is 0 Å². The SMILES string of the molecule is C=CCn1c(SCC(=O)NC(=O)NC)nnc1-c1cc2c(s1)CCC(C(C)(C)C)C2. The third kappa shape index (κ3) is 5.13. The fraction of sp³-hybridized carbons (Fsp3) is 0.524.